The molecule has 0 bridgehead atoms. The molecule has 0 aromatic heterocycles. The fourth-order valence-electron chi connectivity index (χ4n) is 2.23. The molecule has 1 atom stereocenters. The van der Waals surface area contributed by atoms with Crippen LogP contribution in [-0.4, -0.2) is 31.6 Å². The fourth-order valence-corrected chi connectivity index (χ4v) is 2.23. The normalized spacial score (nSPS) is 17.4. The van der Waals surface area contributed by atoms with Gasteiger partial charge in [-0.15, -0.1) is 0 Å². The van der Waals surface area contributed by atoms with Crippen LogP contribution < -0.4 is 5.32 Å². The summed E-state index contributed by atoms with van der Waals surface area (Å²) in [5.74, 6) is -0.154. The summed E-state index contributed by atoms with van der Waals surface area (Å²) in [6.07, 6.45) is 3.69. The number of rotatable bonds is 6. The number of hydrogen-bond acceptors (Lipinski definition) is 2. The average Bonchev–Trinajstić information content (AvgIpc) is 3.13. The SMILES string of the molecule is CNC(CCN(C)C1CC1)c1cccc(F)c1. The fraction of sp³-hybridized carbons (Fsp3) is 0.571. The van der Waals surface area contributed by atoms with Gasteiger partial charge in [0, 0.05) is 12.1 Å². The molecule has 17 heavy (non-hydrogen) atoms. The molecule has 1 saturated carbocycles. The number of nitrogens with one attached hydrogen (secondary N) is 1. The number of nitrogens with zero attached hydrogens (tertiary/aromatic N) is 1. The van der Waals surface area contributed by atoms with Crippen molar-refractivity contribution in [2.75, 3.05) is 20.6 Å². The van der Waals surface area contributed by atoms with Crippen molar-refractivity contribution in [1.29, 1.82) is 0 Å². The van der Waals surface area contributed by atoms with Gasteiger partial charge in [0.1, 0.15) is 5.82 Å². The predicted octanol–water partition coefficient (Wildman–Crippen LogP) is 2.57. The minimum atomic E-state index is -0.154. The van der Waals surface area contributed by atoms with E-state index in [1.807, 2.05) is 13.1 Å². The van der Waals surface area contributed by atoms with Crippen molar-refractivity contribution >= 4 is 0 Å². The van der Waals surface area contributed by atoms with Gasteiger partial charge >= 0.3 is 0 Å². The Morgan fingerprint density at radius 3 is 2.82 bits per heavy atom. The van der Waals surface area contributed by atoms with Gasteiger partial charge in [0.05, 0.1) is 0 Å². The Morgan fingerprint density at radius 2 is 2.24 bits per heavy atom. The molecule has 94 valence electrons. The van der Waals surface area contributed by atoms with E-state index in [0.717, 1.165) is 24.6 Å². The Hall–Kier alpha value is -0.930. The van der Waals surface area contributed by atoms with E-state index < -0.39 is 0 Å². The molecule has 1 aliphatic rings. The Bertz CT molecular complexity index is 363. The van der Waals surface area contributed by atoms with Crippen LogP contribution in [0.4, 0.5) is 4.39 Å². The van der Waals surface area contributed by atoms with E-state index in [1.165, 1.54) is 18.9 Å². The van der Waals surface area contributed by atoms with Crippen molar-refractivity contribution in [3.63, 3.8) is 0 Å². The van der Waals surface area contributed by atoms with Crippen molar-refractivity contribution in [2.45, 2.75) is 31.3 Å². The molecule has 0 saturated heterocycles. The highest BCUT2D eigenvalue weighted by atomic mass is 19.1. The zero-order chi connectivity index (χ0) is 12.3. The standard InChI is InChI=1S/C14H21FN2/c1-16-14(8-9-17(2)13-6-7-13)11-4-3-5-12(15)10-11/h3-5,10,13-14,16H,6-9H2,1-2H3. The zero-order valence-electron chi connectivity index (χ0n) is 10.6. The molecule has 1 unspecified atom stereocenters. The van der Waals surface area contributed by atoms with Crippen LogP contribution in [0.5, 0.6) is 0 Å². The summed E-state index contributed by atoms with van der Waals surface area (Å²) < 4.78 is 13.2. The van der Waals surface area contributed by atoms with Gasteiger partial charge in [-0.2, -0.15) is 0 Å². The van der Waals surface area contributed by atoms with Gasteiger partial charge in [0.25, 0.3) is 0 Å². The molecule has 1 aliphatic carbocycles. The summed E-state index contributed by atoms with van der Waals surface area (Å²) >= 11 is 0. The molecule has 1 fully saturated rings. The minimum absolute atomic E-state index is 0.154. The van der Waals surface area contributed by atoms with Gasteiger partial charge in [-0.05, 0) is 57.6 Å². The Kier molecular flexibility index (Phi) is 4.13. The van der Waals surface area contributed by atoms with Crippen LogP contribution in [0.3, 0.4) is 0 Å². The lowest BCUT2D eigenvalue weighted by atomic mass is 10.0. The van der Waals surface area contributed by atoms with Crippen LogP contribution in [0.1, 0.15) is 30.9 Å². The topological polar surface area (TPSA) is 15.3 Å². The largest absolute Gasteiger partial charge is 0.313 e. The first-order chi connectivity index (χ1) is 8.20. The Labute approximate surface area is 103 Å². The van der Waals surface area contributed by atoms with E-state index in [2.05, 4.69) is 17.3 Å². The quantitative estimate of drug-likeness (QED) is 0.816. The third-order valence-electron chi connectivity index (χ3n) is 3.54. The maximum absolute atomic E-state index is 13.2. The van der Waals surface area contributed by atoms with Gasteiger partial charge in [-0.3, -0.25) is 0 Å². The Morgan fingerprint density at radius 1 is 1.47 bits per heavy atom. The maximum atomic E-state index is 13.2. The third-order valence-corrected chi connectivity index (χ3v) is 3.54. The number of halogens is 1. The van der Waals surface area contributed by atoms with Crippen LogP contribution >= 0.6 is 0 Å². The molecule has 0 heterocycles. The first-order valence-corrected chi connectivity index (χ1v) is 6.33. The Balaban J connectivity index is 1.91. The zero-order valence-corrected chi connectivity index (χ0v) is 10.6. The van der Waals surface area contributed by atoms with Crippen molar-refractivity contribution < 1.29 is 4.39 Å². The van der Waals surface area contributed by atoms with Crippen molar-refractivity contribution in [1.82, 2.24) is 10.2 Å². The van der Waals surface area contributed by atoms with Gasteiger partial charge < -0.3 is 10.2 Å². The summed E-state index contributed by atoms with van der Waals surface area (Å²) in [5.41, 5.74) is 1.04. The second-order valence-corrected chi connectivity index (χ2v) is 4.90. The van der Waals surface area contributed by atoms with Crippen LogP contribution in [0.2, 0.25) is 0 Å². The number of hydrogen-bond donors (Lipinski definition) is 1. The van der Waals surface area contributed by atoms with Crippen molar-refractivity contribution in [3.8, 4) is 0 Å². The second-order valence-electron chi connectivity index (χ2n) is 4.90. The van der Waals surface area contributed by atoms with Gasteiger partial charge in [0.2, 0.25) is 0 Å². The van der Waals surface area contributed by atoms with Crippen molar-refractivity contribution in [3.05, 3.63) is 35.6 Å². The van der Waals surface area contributed by atoms with E-state index in [4.69, 9.17) is 0 Å². The monoisotopic (exact) mass is 236 g/mol. The van der Waals surface area contributed by atoms with Crippen LogP contribution in [0, 0.1) is 5.82 Å². The lowest BCUT2D eigenvalue weighted by Gasteiger charge is -2.21. The first kappa shape index (κ1) is 12.5. The molecule has 3 heteroatoms. The summed E-state index contributed by atoms with van der Waals surface area (Å²) in [7, 11) is 4.11. The molecule has 0 spiro atoms. The molecule has 2 nitrogen and oxygen atoms in total. The molecule has 1 aromatic rings. The average molecular weight is 236 g/mol. The maximum Gasteiger partial charge on any atom is 0.123 e. The smallest absolute Gasteiger partial charge is 0.123 e. The van der Waals surface area contributed by atoms with Crippen LogP contribution in [0.25, 0.3) is 0 Å². The lowest BCUT2D eigenvalue weighted by Crippen LogP contribution is -2.27. The molecule has 0 aliphatic heterocycles. The highest BCUT2D eigenvalue weighted by Gasteiger charge is 2.26. The molecular formula is C14H21FN2. The van der Waals surface area contributed by atoms with Crippen LogP contribution in [-0.2, 0) is 0 Å². The summed E-state index contributed by atoms with van der Waals surface area (Å²) in [6, 6.07) is 7.91. The van der Waals surface area contributed by atoms with Crippen molar-refractivity contribution in [2.24, 2.45) is 0 Å². The molecule has 1 N–H and O–H groups in total. The summed E-state index contributed by atoms with van der Waals surface area (Å²) in [6.45, 7) is 1.06. The lowest BCUT2D eigenvalue weighted by molar-refractivity contribution is 0.301. The highest BCUT2D eigenvalue weighted by Crippen LogP contribution is 2.26. The van der Waals surface area contributed by atoms with E-state index >= 15 is 0 Å². The van der Waals surface area contributed by atoms with E-state index in [-0.39, 0.29) is 11.9 Å². The summed E-state index contributed by atoms with van der Waals surface area (Å²) in [4.78, 5) is 2.41. The molecule has 0 radical (unpaired) electrons. The molecule has 2 rings (SSSR count). The highest BCUT2D eigenvalue weighted by molar-refractivity contribution is 5.20. The third kappa shape index (κ3) is 3.51. The van der Waals surface area contributed by atoms with E-state index in [9.17, 15) is 4.39 Å². The first-order valence-electron chi connectivity index (χ1n) is 6.33. The van der Waals surface area contributed by atoms with E-state index in [0.29, 0.717) is 0 Å². The predicted molar refractivity (Wildman–Crippen MR) is 68.5 cm³/mol. The second kappa shape index (κ2) is 5.61. The molecule has 0 amide bonds. The van der Waals surface area contributed by atoms with Gasteiger partial charge in [-0.1, -0.05) is 12.1 Å². The number of benzene rings is 1. The van der Waals surface area contributed by atoms with Crippen LogP contribution in [0.15, 0.2) is 24.3 Å². The molecule has 1 aromatic carbocycles. The minimum Gasteiger partial charge on any atom is -0.313 e. The van der Waals surface area contributed by atoms with Gasteiger partial charge in [-0.25, -0.2) is 4.39 Å². The van der Waals surface area contributed by atoms with E-state index in [1.54, 1.807) is 12.1 Å². The molecular weight excluding hydrogens is 215 g/mol. The summed E-state index contributed by atoms with van der Waals surface area (Å²) in [5, 5.41) is 3.27. The van der Waals surface area contributed by atoms with Gasteiger partial charge in [0.15, 0.2) is 0 Å².